The van der Waals surface area contributed by atoms with E-state index in [1.807, 2.05) is 0 Å². The Morgan fingerprint density at radius 2 is 0.895 bits per heavy atom. The van der Waals surface area contributed by atoms with E-state index >= 15 is 0 Å². The first-order chi connectivity index (χ1) is 8.77. The second-order valence-electron chi connectivity index (χ2n) is 3.35. The maximum absolute atomic E-state index is 8.70. The molecule has 0 amide bonds. The Morgan fingerprint density at radius 3 is 0.947 bits per heavy atom. The van der Waals surface area contributed by atoms with Crippen molar-refractivity contribution >= 4 is 8.25 Å². The van der Waals surface area contributed by atoms with E-state index in [1.165, 1.54) is 32.1 Å². The Balaban J connectivity index is -0.000000181. The summed E-state index contributed by atoms with van der Waals surface area (Å²) in [6, 6.07) is 0. The molecule has 0 aliphatic heterocycles. The molecular weight excluding hydrogens is 271 g/mol. The molecule has 1 rings (SSSR count). The molecule has 10 heteroatoms. The van der Waals surface area contributed by atoms with Crippen LogP contribution in [0.4, 0.5) is 0 Å². The maximum Gasteiger partial charge on any atom is 0.692 e. The first-order valence-corrected chi connectivity index (χ1v) is 6.65. The minimum atomic E-state index is -2.87. The first kappa shape index (κ1) is 22.5. The molecule has 0 saturated heterocycles. The summed E-state index contributed by atoms with van der Waals surface area (Å²) >= 11 is 0. The fourth-order valence-corrected chi connectivity index (χ4v) is 0.884. The summed E-state index contributed by atoms with van der Waals surface area (Å²) < 4.78 is 8.70. The van der Waals surface area contributed by atoms with E-state index in [2.05, 4.69) is 0 Å². The molecule has 0 aromatic heterocycles. The number of hydrogen-bond donors (Lipinski definition) is 8. The second kappa shape index (κ2) is 18.7. The van der Waals surface area contributed by atoms with Crippen molar-refractivity contribution in [2.75, 3.05) is 0 Å². The zero-order valence-corrected chi connectivity index (χ0v) is 11.8. The zero-order valence-electron chi connectivity index (χ0n) is 10.9. The number of hydrogen-bond acceptors (Lipinski definition) is 7. The Bertz CT molecular complexity index is 233. The van der Waals surface area contributed by atoms with Crippen molar-refractivity contribution in [3.8, 4) is 0 Å². The average Bonchev–Trinajstić information content (AvgIpc) is 2.87. The van der Waals surface area contributed by atoms with Crippen LogP contribution in [0.5, 0.6) is 0 Å². The summed E-state index contributed by atoms with van der Waals surface area (Å²) in [7, 11) is -2.87. The summed E-state index contributed by atoms with van der Waals surface area (Å²) in [5.74, 6) is 0.315. The van der Waals surface area contributed by atoms with E-state index in [1.54, 1.807) is 0 Å². The van der Waals surface area contributed by atoms with Gasteiger partial charge in [0, 0.05) is 17.0 Å². The van der Waals surface area contributed by atoms with Gasteiger partial charge in [-0.3, -0.25) is 0 Å². The Labute approximate surface area is 114 Å². The smallest absolute Gasteiger partial charge is 0.402 e. The average molecular weight is 297 g/mol. The van der Waals surface area contributed by atoms with Crippen molar-refractivity contribution in [3.05, 3.63) is 24.0 Å². The zero-order chi connectivity index (χ0) is 15.7. The predicted octanol–water partition coefficient (Wildman–Crippen LogP) is -1.10. The van der Waals surface area contributed by atoms with Gasteiger partial charge in [0.15, 0.2) is 0 Å². The monoisotopic (exact) mass is 297 g/mol. The molecule has 9 nitrogen and oxygen atoms in total. The van der Waals surface area contributed by atoms with E-state index < -0.39 is 8.25 Å². The largest absolute Gasteiger partial charge is 0.692 e. The van der Waals surface area contributed by atoms with Crippen LogP contribution in [0, 0.1) is 0 Å². The SMILES string of the molecule is C1CCCC1.NC=C(N)N.NC=C(N)N.O=[P+](O)O. The van der Waals surface area contributed by atoms with E-state index in [-0.39, 0.29) is 11.6 Å². The molecule has 0 aromatic rings. The molecule has 1 aliphatic rings. The van der Waals surface area contributed by atoms with Crippen LogP contribution in [0.25, 0.3) is 0 Å². The Morgan fingerprint density at radius 1 is 0.789 bits per heavy atom. The van der Waals surface area contributed by atoms with Gasteiger partial charge in [0.25, 0.3) is 0 Å². The molecular formula is C9H26N6O3P+. The lowest BCUT2D eigenvalue weighted by Crippen LogP contribution is -2.09. The molecule has 14 N–H and O–H groups in total. The number of nitrogens with two attached hydrogens (primary N) is 6. The van der Waals surface area contributed by atoms with Crippen molar-refractivity contribution < 1.29 is 14.4 Å². The molecule has 1 aliphatic carbocycles. The molecule has 0 bridgehead atoms. The Kier molecular flexibility index (Phi) is 22.1. The van der Waals surface area contributed by atoms with Gasteiger partial charge in [0.1, 0.15) is 11.6 Å². The second-order valence-corrected chi connectivity index (χ2v) is 3.86. The van der Waals surface area contributed by atoms with Crippen LogP contribution in [0.3, 0.4) is 0 Å². The van der Waals surface area contributed by atoms with Gasteiger partial charge in [0.05, 0.1) is 0 Å². The fourth-order valence-electron chi connectivity index (χ4n) is 0.884. The van der Waals surface area contributed by atoms with Crippen LogP contribution in [-0.4, -0.2) is 9.79 Å². The molecule has 0 heterocycles. The van der Waals surface area contributed by atoms with Crippen molar-refractivity contribution in [2.45, 2.75) is 32.1 Å². The van der Waals surface area contributed by atoms with E-state index in [0.29, 0.717) is 0 Å². The highest BCUT2D eigenvalue weighted by atomic mass is 31.1. The summed E-state index contributed by atoms with van der Waals surface area (Å²) in [6.07, 6.45) is 9.78. The van der Waals surface area contributed by atoms with Gasteiger partial charge in [-0.2, -0.15) is 0 Å². The lowest BCUT2D eigenvalue weighted by molar-refractivity contribution is 0.405. The van der Waals surface area contributed by atoms with Gasteiger partial charge in [-0.05, 0) is 0 Å². The van der Waals surface area contributed by atoms with Crippen LogP contribution < -0.4 is 34.4 Å². The quantitative estimate of drug-likeness (QED) is 0.254. The van der Waals surface area contributed by atoms with Gasteiger partial charge in [-0.15, -0.1) is 9.79 Å². The van der Waals surface area contributed by atoms with Crippen LogP contribution >= 0.6 is 8.25 Å². The van der Waals surface area contributed by atoms with Crippen molar-refractivity contribution in [3.63, 3.8) is 0 Å². The van der Waals surface area contributed by atoms with E-state index in [0.717, 1.165) is 12.4 Å². The summed E-state index contributed by atoms with van der Waals surface area (Å²) in [5.41, 5.74) is 28.7. The van der Waals surface area contributed by atoms with E-state index in [9.17, 15) is 0 Å². The third-order valence-corrected chi connectivity index (χ3v) is 1.63. The standard InChI is InChI=1S/C5H10.2C2H7N3.HO3P/c1-2-4-5-3-1;2*3-1-2(4)5;1-4(2)3/h1-5H2;2*1H,3-5H2;(H-,1,2,3)/p+1. The highest BCUT2D eigenvalue weighted by Gasteiger charge is 1.95. The van der Waals surface area contributed by atoms with Crippen LogP contribution in [-0.2, 0) is 4.57 Å². The minimum Gasteiger partial charge on any atom is -0.402 e. The topological polar surface area (TPSA) is 214 Å². The molecule has 1 saturated carbocycles. The van der Waals surface area contributed by atoms with Crippen LogP contribution in [0.2, 0.25) is 0 Å². The molecule has 0 spiro atoms. The van der Waals surface area contributed by atoms with Gasteiger partial charge < -0.3 is 34.4 Å². The lowest BCUT2D eigenvalue weighted by atomic mass is 10.4. The van der Waals surface area contributed by atoms with E-state index in [4.69, 9.17) is 48.8 Å². The van der Waals surface area contributed by atoms with Crippen molar-refractivity contribution in [2.24, 2.45) is 34.4 Å². The molecule has 1 fully saturated rings. The Hall–Kier alpha value is -1.70. The third-order valence-electron chi connectivity index (χ3n) is 1.63. The summed E-state index contributed by atoms with van der Waals surface area (Å²) in [4.78, 5) is 14.2. The van der Waals surface area contributed by atoms with Gasteiger partial charge in [-0.25, -0.2) is 0 Å². The lowest BCUT2D eigenvalue weighted by Gasteiger charge is -1.78. The molecule has 114 valence electrons. The maximum atomic E-state index is 8.70. The van der Waals surface area contributed by atoms with Gasteiger partial charge in [-0.1, -0.05) is 32.1 Å². The molecule has 0 atom stereocenters. The molecule has 19 heavy (non-hydrogen) atoms. The van der Waals surface area contributed by atoms with Crippen molar-refractivity contribution in [1.82, 2.24) is 0 Å². The van der Waals surface area contributed by atoms with Crippen LogP contribution in [0.1, 0.15) is 32.1 Å². The first-order valence-electron chi connectivity index (χ1n) is 5.48. The molecule has 0 unspecified atom stereocenters. The highest BCUT2D eigenvalue weighted by molar-refractivity contribution is 7.30. The van der Waals surface area contributed by atoms with Crippen molar-refractivity contribution in [1.29, 1.82) is 0 Å². The predicted molar refractivity (Wildman–Crippen MR) is 76.4 cm³/mol. The third kappa shape index (κ3) is 62.5. The summed E-state index contributed by atoms with van der Waals surface area (Å²) in [6.45, 7) is 0. The fraction of sp³-hybridized carbons (Fsp3) is 0.556. The minimum absolute atomic E-state index is 0.157. The van der Waals surface area contributed by atoms with Gasteiger partial charge in [0.2, 0.25) is 0 Å². The van der Waals surface area contributed by atoms with Crippen LogP contribution in [0.15, 0.2) is 24.0 Å². The van der Waals surface area contributed by atoms with Gasteiger partial charge >= 0.3 is 8.25 Å². The number of rotatable bonds is 0. The normalized spacial score (nSPS) is 11.1. The summed E-state index contributed by atoms with van der Waals surface area (Å²) in [5, 5.41) is 0. The highest BCUT2D eigenvalue weighted by Crippen LogP contribution is 2.15. The molecule has 0 radical (unpaired) electrons. The molecule has 0 aromatic carbocycles.